The number of hydrogen-bond acceptors (Lipinski definition) is 1. The van der Waals surface area contributed by atoms with Crippen LogP contribution in [0.25, 0.3) is 5.57 Å². The van der Waals surface area contributed by atoms with Crippen LogP contribution in [0.15, 0.2) is 30.8 Å². The second-order valence-corrected chi connectivity index (χ2v) is 2.48. The van der Waals surface area contributed by atoms with E-state index in [4.69, 9.17) is 0 Å². The molecule has 1 aliphatic heterocycles. The van der Waals surface area contributed by atoms with E-state index in [2.05, 4.69) is 11.9 Å². The van der Waals surface area contributed by atoms with Crippen LogP contribution in [0.2, 0.25) is 0 Å². The summed E-state index contributed by atoms with van der Waals surface area (Å²) >= 11 is 0. The van der Waals surface area contributed by atoms with Gasteiger partial charge in [0.2, 0.25) is 0 Å². The Labute approximate surface area is 92.0 Å². The Hall–Kier alpha value is -1.57. The maximum absolute atomic E-state index is 11.0. The van der Waals surface area contributed by atoms with Crippen molar-refractivity contribution in [2.45, 2.75) is 27.7 Å². The number of nitrogens with one attached hydrogen (secondary N) is 1. The van der Waals surface area contributed by atoms with E-state index < -0.39 is 0 Å². The van der Waals surface area contributed by atoms with Crippen molar-refractivity contribution in [3.8, 4) is 0 Å². The van der Waals surface area contributed by atoms with Crippen LogP contribution in [-0.4, -0.2) is 5.91 Å². The second kappa shape index (κ2) is 6.82. The van der Waals surface area contributed by atoms with Gasteiger partial charge in [-0.1, -0.05) is 52.5 Å². The van der Waals surface area contributed by atoms with E-state index >= 15 is 0 Å². The monoisotopic (exact) mass is 205 g/mol. The van der Waals surface area contributed by atoms with E-state index in [-0.39, 0.29) is 5.91 Å². The molecule has 2 rings (SSSR count). The van der Waals surface area contributed by atoms with Gasteiger partial charge in [-0.3, -0.25) is 4.79 Å². The van der Waals surface area contributed by atoms with Gasteiger partial charge in [0, 0.05) is 16.8 Å². The smallest absolute Gasteiger partial charge is 0.255 e. The van der Waals surface area contributed by atoms with E-state index in [0.717, 1.165) is 11.3 Å². The van der Waals surface area contributed by atoms with Gasteiger partial charge in [-0.15, -0.1) is 0 Å². The van der Waals surface area contributed by atoms with Crippen LogP contribution >= 0.6 is 0 Å². The van der Waals surface area contributed by atoms with E-state index in [1.165, 1.54) is 0 Å². The fraction of sp³-hybridized carbons (Fsp3) is 0.308. The summed E-state index contributed by atoms with van der Waals surface area (Å²) in [5.74, 6) is -0.0915. The Kier molecular flexibility index (Phi) is 6.11. The highest BCUT2D eigenvalue weighted by Gasteiger charge is 2.20. The lowest BCUT2D eigenvalue weighted by Gasteiger charge is -1.93. The molecule has 1 amide bonds. The number of carbonyl (C=O) groups excluding carboxylic acids is 1. The maximum Gasteiger partial charge on any atom is 0.255 e. The molecule has 0 unspecified atom stereocenters. The molecular weight excluding hydrogens is 186 g/mol. The minimum atomic E-state index is -0.0915. The van der Waals surface area contributed by atoms with Crippen molar-refractivity contribution in [3.05, 3.63) is 36.4 Å². The van der Waals surface area contributed by atoms with Crippen LogP contribution in [-0.2, 0) is 4.79 Å². The number of carbonyl (C=O) groups is 1. The van der Waals surface area contributed by atoms with Gasteiger partial charge in [0.1, 0.15) is 0 Å². The zero-order valence-corrected chi connectivity index (χ0v) is 9.92. The summed E-state index contributed by atoms with van der Waals surface area (Å²) in [6, 6.07) is 7.53. The predicted molar refractivity (Wildman–Crippen MR) is 66.8 cm³/mol. The lowest BCUT2D eigenvalue weighted by atomic mass is 10.1. The molecule has 0 radical (unpaired) electrons. The molecule has 15 heavy (non-hydrogen) atoms. The Morgan fingerprint density at radius 1 is 1.07 bits per heavy atom. The summed E-state index contributed by atoms with van der Waals surface area (Å²) in [6.45, 7) is 11.7. The van der Waals surface area contributed by atoms with E-state index in [0.29, 0.717) is 5.57 Å². The lowest BCUT2D eigenvalue weighted by molar-refractivity contribution is -0.110. The summed E-state index contributed by atoms with van der Waals surface area (Å²) < 4.78 is 0. The first-order valence-electron chi connectivity index (χ1n) is 5.39. The van der Waals surface area contributed by atoms with E-state index in [9.17, 15) is 4.79 Å². The van der Waals surface area contributed by atoms with E-state index in [1.807, 2.05) is 52.0 Å². The molecule has 0 saturated carbocycles. The zero-order chi connectivity index (χ0) is 11.8. The summed E-state index contributed by atoms with van der Waals surface area (Å²) in [6.07, 6.45) is 0. The second-order valence-electron chi connectivity index (χ2n) is 2.48. The quantitative estimate of drug-likeness (QED) is 0.643. The molecule has 82 valence electrons. The van der Waals surface area contributed by atoms with Crippen molar-refractivity contribution >= 4 is 17.2 Å². The fourth-order valence-corrected chi connectivity index (χ4v) is 1.18. The summed E-state index contributed by atoms with van der Waals surface area (Å²) in [5.41, 5.74) is 2.33. The van der Waals surface area contributed by atoms with Crippen LogP contribution in [0, 0.1) is 0 Å². The Balaban J connectivity index is 0.000000442. The molecule has 0 fully saturated rings. The van der Waals surface area contributed by atoms with Gasteiger partial charge in [-0.2, -0.15) is 0 Å². The van der Waals surface area contributed by atoms with Gasteiger partial charge in [0.25, 0.3) is 5.91 Å². The van der Waals surface area contributed by atoms with Crippen LogP contribution in [0.5, 0.6) is 0 Å². The third-order valence-corrected chi connectivity index (χ3v) is 1.77. The minimum absolute atomic E-state index is 0.0915. The number of amides is 1. The summed E-state index contributed by atoms with van der Waals surface area (Å²) in [7, 11) is 0. The normalized spacial score (nSPS) is 11.5. The van der Waals surface area contributed by atoms with Crippen molar-refractivity contribution < 1.29 is 4.79 Å². The molecule has 0 aromatic heterocycles. The Morgan fingerprint density at radius 3 is 2.13 bits per heavy atom. The zero-order valence-electron chi connectivity index (χ0n) is 9.92. The average Bonchev–Trinajstić information content (AvgIpc) is 2.61. The molecule has 0 spiro atoms. The highest BCUT2D eigenvalue weighted by atomic mass is 16.1. The van der Waals surface area contributed by atoms with Gasteiger partial charge < -0.3 is 5.32 Å². The fourth-order valence-electron chi connectivity index (χ4n) is 1.18. The first kappa shape index (κ1) is 13.4. The predicted octanol–water partition coefficient (Wildman–Crippen LogP) is 3.70. The topological polar surface area (TPSA) is 29.1 Å². The maximum atomic E-state index is 11.0. The van der Waals surface area contributed by atoms with Crippen LogP contribution < -0.4 is 5.32 Å². The number of benzene rings is 1. The largest absolute Gasteiger partial charge is 0.321 e. The average molecular weight is 205 g/mol. The van der Waals surface area contributed by atoms with Crippen molar-refractivity contribution in [2.75, 3.05) is 5.32 Å². The molecule has 0 bridgehead atoms. The molecule has 2 nitrogen and oxygen atoms in total. The van der Waals surface area contributed by atoms with Gasteiger partial charge in [-0.05, 0) is 6.07 Å². The molecule has 2 heteroatoms. The third kappa shape index (κ3) is 2.94. The van der Waals surface area contributed by atoms with Crippen LogP contribution in [0.3, 0.4) is 0 Å². The molecule has 1 aromatic rings. The first-order valence-corrected chi connectivity index (χ1v) is 5.39. The molecular formula is C13H19NO. The molecule has 0 atom stereocenters. The number of para-hydroxylation sites is 1. The number of fused-ring (bicyclic) bond motifs is 1. The molecule has 1 aliphatic rings. The van der Waals surface area contributed by atoms with Crippen molar-refractivity contribution in [2.24, 2.45) is 0 Å². The standard InChI is InChI=1S/C9H7NO.2C2H6/c1-6-7-4-2-3-5-8(7)10-9(6)11;2*1-2/h2-5H,1H2,(H,10,11);2*1-2H3. The van der Waals surface area contributed by atoms with Crippen LogP contribution in [0.4, 0.5) is 5.69 Å². The van der Waals surface area contributed by atoms with Gasteiger partial charge in [0.05, 0.1) is 0 Å². The van der Waals surface area contributed by atoms with Gasteiger partial charge >= 0.3 is 0 Å². The molecule has 1 N–H and O–H groups in total. The molecule has 0 saturated heterocycles. The Bertz CT molecular complexity index is 342. The van der Waals surface area contributed by atoms with Crippen LogP contribution in [0.1, 0.15) is 33.3 Å². The van der Waals surface area contributed by atoms with E-state index in [1.54, 1.807) is 0 Å². The minimum Gasteiger partial charge on any atom is -0.321 e. The molecule has 0 aliphatic carbocycles. The summed E-state index contributed by atoms with van der Waals surface area (Å²) in [4.78, 5) is 11.0. The van der Waals surface area contributed by atoms with Crippen molar-refractivity contribution in [1.82, 2.24) is 0 Å². The lowest BCUT2D eigenvalue weighted by Crippen LogP contribution is -2.02. The molecule has 1 aromatic carbocycles. The van der Waals surface area contributed by atoms with Crippen molar-refractivity contribution in [3.63, 3.8) is 0 Å². The highest BCUT2D eigenvalue weighted by molar-refractivity contribution is 6.30. The van der Waals surface area contributed by atoms with Gasteiger partial charge in [-0.25, -0.2) is 0 Å². The first-order chi connectivity index (χ1) is 7.29. The van der Waals surface area contributed by atoms with Gasteiger partial charge in [0.15, 0.2) is 0 Å². The number of hydrogen-bond donors (Lipinski definition) is 1. The number of rotatable bonds is 0. The Morgan fingerprint density at radius 2 is 1.60 bits per heavy atom. The SMILES string of the molecule is C=C1C(=O)Nc2ccccc21.CC.CC. The highest BCUT2D eigenvalue weighted by Crippen LogP contribution is 2.29. The summed E-state index contributed by atoms with van der Waals surface area (Å²) in [5, 5.41) is 2.71. The van der Waals surface area contributed by atoms with Crippen molar-refractivity contribution in [1.29, 1.82) is 0 Å². The third-order valence-electron chi connectivity index (χ3n) is 1.77. The molecule has 1 heterocycles. The number of anilines is 1.